The molecule has 110 valence electrons. The number of Topliss-reactive ketones (excluding diaryl/α,β-unsaturated/α-hetero) is 1. The molecule has 0 aliphatic carbocycles. The SMILES string of the molecule is CNCCC(=O)[C@@H]1Cc2cc(O)c(O)cc2C(C)(C)N1. The van der Waals surface area contributed by atoms with Gasteiger partial charge in [-0.05, 0) is 50.6 Å². The summed E-state index contributed by atoms with van der Waals surface area (Å²) < 4.78 is 0. The van der Waals surface area contributed by atoms with Gasteiger partial charge in [0, 0.05) is 18.5 Å². The number of benzene rings is 1. The van der Waals surface area contributed by atoms with Gasteiger partial charge in [-0.25, -0.2) is 0 Å². The molecular formula is C15H22N2O3. The van der Waals surface area contributed by atoms with Gasteiger partial charge in [0.25, 0.3) is 0 Å². The van der Waals surface area contributed by atoms with E-state index >= 15 is 0 Å². The highest BCUT2D eigenvalue weighted by Gasteiger charge is 2.35. The zero-order valence-corrected chi connectivity index (χ0v) is 12.2. The second kappa shape index (κ2) is 5.42. The molecule has 1 atom stereocenters. The third-order valence-electron chi connectivity index (χ3n) is 3.84. The van der Waals surface area contributed by atoms with Crippen molar-refractivity contribution in [2.24, 2.45) is 0 Å². The normalized spacial score (nSPS) is 20.4. The van der Waals surface area contributed by atoms with Gasteiger partial charge in [0.2, 0.25) is 0 Å². The van der Waals surface area contributed by atoms with Crippen LogP contribution in [0, 0.1) is 0 Å². The minimum absolute atomic E-state index is 0.126. The Morgan fingerprint density at radius 3 is 2.70 bits per heavy atom. The molecule has 2 rings (SSSR count). The average Bonchev–Trinajstić information content (AvgIpc) is 2.37. The summed E-state index contributed by atoms with van der Waals surface area (Å²) in [5, 5.41) is 25.6. The number of phenols is 2. The van der Waals surface area contributed by atoms with Gasteiger partial charge < -0.3 is 15.5 Å². The first-order valence-corrected chi connectivity index (χ1v) is 6.85. The first kappa shape index (κ1) is 14.8. The largest absolute Gasteiger partial charge is 0.504 e. The van der Waals surface area contributed by atoms with Crippen LogP contribution in [0.1, 0.15) is 31.4 Å². The number of aromatic hydroxyl groups is 2. The van der Waals surface area contributed by atoms with Gasteiger partial charge in [0.05, 0.1) is 6.04 Å². The van der Waals surface area contributed by atoms with Gasteiger partial charge in [-0.3, -0.25) is 10.1 Å². The summed E-state index contributed by atoms with van der Waals surface area (Å²) in [5.74, 6) is -0.105. The summed E-state index contributed by atoms with van der Waals surface area (Å²) in [6, 6.07) is 2.88. The molecule has 0 amide bonds. The predicted molar refractivity (Wildman–Crippen MR) is 77.0 cm³/mol. The summed E-state index contributed by atoms with van der Waals surface area (Å²) in [4.78, 5) is 12.2. The highest BCUT2D eigenvalue weighted by molar-refractivity contribution is 5.85. The van der Waals surface area contributed by atoms with Crippen molar-refractivity contribution in [1.29, 1.82) is 0 Å². The molecule has 0 saturated carbocycles. The molecular weight excluding hydrogens is 256 g/mol. The maximum absolute atomic E-state index is 12.2. The Morgan fingerprint density at radius 1 is 1.40 bits per heavy atom. The standard InChI is InChI=1S/C15H22N2O3/c1-15(2)10-8-14(20)13(19)7-9(10)6-11(17-15)12(18)4-5-16-3/h7-8,11,16-17,19-20H,4-6H2,1-3H3/t11-/m0/s1. The van der Waals surface area contributed by atoms with E-state index in [1.807, 2.05) is 20.9 Å². The van der Waals surface area contributed by atoms with Gasteiger partial charge in [-0.1, -0.05) is 0 Å². The van der Waals surface area contributed by atoms with E-state index in [0.29, 0.717) is 19.4 Å². The Labute approximate surface area is 119 Å². The fourth-order valence-electron chi connectivity index (χ4n) is 2.77. The zero-order chi connectivity index (χ0) is 14.9. The lowest BCUT2D eigenvalue weighted by atomic mass is 9.81. The van der Waals surface area contributed by atoms with Gasteiger partial charge in [-0.2, -0.15) is 0 Å². The van der Waals surface area contributed by atoms with Crippen LogP contribution in [0.2, 0.25) is 0 Å². The second-order valence-electron chi connectivity index (χ2n) is 5.84. The van der Waals surface area contributed by atoms with Gasteiger partial charge in [0.15, 0.2) is 17.3 Å². The van der Waals surface area contributed by atoms with Crippen LogP contribution in [0.25, 0.3) is 0 Å². The van der Waals surface area contributed by atoms with Crippen LogP contribution in [0.15, 0.2) is 12.1 Å². The molecule has 0 unspecified atom stereocenters. The number of phenolic OH excluding ortho intramolecular Hbond substituents is 2. The number of carbonyl (C=O) groups excluding carboxylic acids is 1. The molecule has 1 heterocycles. The minimum Gasteiger partial charge on any atom is -0.504 e. The number of hydrogen-bond donors (Lipinski definition) is 4. The van der Waals surface area contributed by atoms with Gasteiger partial charge in [0.1, 0.15) is 0 Å². The number of carbonyl (C=O) groups is 1. The first-order valence-electron chi connectivity index (χ1n) is 6.85. The Morgan fingerprint density at radius 2 is 2.05 bits per heavy atom. The Bertz CT molecular complexity index is 526. The molecule has 1 aromatic carbocycles. The fraction of sp³-hybridized carbons (Fsp3) is 0.533. The molecule has 1 aliphatic heterocycles. The molecule has 1 aromatic rings. The molecule has 0 saturated heterocycles. The van der Waals surface area contributed by atoms with Gasteiger partial charge in [-0.15, -0.1) is 0 Å². The quantitative estimate of drug-likeness (QED) is 0.618. The number of rotatable bonds is 4. The van der Waals surface area contributed by atoms with Crippen molar-refractivity contribution in [2.75, 3.05) is 13.6 Å². The van der Waals surface area contributed by atoms with Gasteiger partial charge >= 0.3 is 0 Å². The number of ketones is 1. The lowest BCUT2D eigenvalue weighted by Gasteiger charge is -2.38. The average molecular weight is 278 g/mol. The van der Waals surface area contributed by atoms with Crippen LogP contribution in [0.3, 0.4) is 0 Å². The highest BCUT2D eigenvalue weighted by atomic mass is 16.3. The van der Waals surface area contributed by atoms with Crippen molar-refractivity contribution in [2.45, 2.75) is 38.3 Å². The molecule has 5 nitrogen and oxygen atoms in total. The van der Waals surface area contributed by atoms with E-state index in [0.717, 1.165) is 11.1 Å². The monoisotopic (exact) mass is 278 g/mol. The lowest BCUT2D eigenvalue weighted by molar-refractivity contribution is -0.121. The van der Waals surface area contributed by atoms with E-state index in [2.05, 4.69) is 10.6 Å². The minimum atomic E-state index is -0.418. The van der Waals surface area contributed by atoms with Crippen molar-refractivity contribution in [1.82, 2.24) is 10.6 Å². The second-order valence-corrected chi connectivity index (χ2v) is 5.84. The van der Waals surface area contributed by atoms with E-state index < -0.39 is 5.54 Å². The number of hydrogen-bond acceptors (Lipinski definition) is 5. The van der Waals surface area contributed by atoms with Crippen LogP contribution < -0.4 is 10.6 Å². The third-order valence-corrected chi connectivity index (χ3v) is 3.84. The van der Waals surface area contributed by atoms with Crippen molar-refractivity contribution >= 4 is 5.78 Å². The molecule has 0 aromatic heterocycles. The van der Waals surface area contributed by atoms with Crippen molar-refractivity contribution < 1.29 is 15.0 Å². The van der Waals surface area contributed by atoms with E-state index in [1.165, 1.54) is 0 Å². The topological polar surface area (TPSA) is 81.6 Å². The fourth-order valence-corrected chi connectivity index (χ4v) is 2.77. The Hall–Kier alpha value is -1.59. The van der Waals surface area contributed by atoms with Crippen LogP contribution in [-0.4, -0.2) is 35.6 Å². The van der Waals surface area contributed by atoms with E-state index in [4.69, 9.17) is 0 Å². The summed E-state index contributed by atoms with van der Waals surface area (Å²) in [6.45, 7) is 4.60. The Kier molecular flexibility index (Phi) is 4.01. The summed E-state index contributed by atoms with van der Waals surface area (Å²) in [7, 11) is 1.82. The van der Waals surface area contributed by atoms with Crippen LogP contribution >= 0.6 is 0 Å². The molecule has 5 heteroatoms. The molecule has 0 radical (unpaired) electrons. The molecule has 0 bridgehead atoms. The Balaban J connectivity index is 2.29. The van der Waals surface area contributed by atoms with Crippen LogP contribution in [0.5, 0.6) is 11.5 Å². The predicted octanol–water partition coefficient (Wildman–Crippen LogP) is 1.03. The highest BCUT2D eigenvalue weighted by Crippen LogP contribution is 2.37. The van der Waals surface area contributed by atoms with E-state index in [-0.39, 0.29) is 23.3 Å². The van der Waals surface area contributed by atoms with Crippen LogP contribution in [0.4, 0.5) is 0 Å². The first-order chi connectivity index (χ1) is 9.35. The maximum atomic E-state index is 12.2. The molecule has 4 N–H and O–H groups in total. The number of nitrogens with one attached hydrogen (secondary N) is 2. The van der Waals surface area contributed by atoms with Crippen molar-refractivity contribution in [3.63, 3.8) is 0 Å². The third kappa shape index (κ3) is 2.78. The summed E-state index contributed by atoms with van der Waals surface area (Å²) >= 11 is 0. The van der Waals surface area contributed by atoms with Crippen molar-refractivity contribution in [3.8, 4) is 11.5 Å². The summed E-state index contributed by atoms with van der Waals surface area (Å²) in [5.41, 5.74) is 1.41. The number of fused-ring (bicyclic) bond motifs is 1. The lowest BCUT2D eigenvalue weighted by Crippen LogP contribution is -2.53. The zero-order valence-electron chi connectivity index (χ0n) is 12.2. The molecule has 0 spiro atoms. The van der Waals surface area contributed by atoms with Crippen molar-refractivity contribution in [3.05, 3.63) is 23.3 Å². The molecule has 20 heavy (non-hydrogen) atoms. The van der Waals surface area contributed by atoms with E-state index in [1.54, 1.807) is 12.1 Å². The maximum Gasteiger partial charge on any atom is 0.157 e. The molecule has 1 aliphatic rings. The van der Waals surface area contributed by atoms with E-state index in [9.17, 15) is 15.0 Å². The molecule has 0 fully saturated rings. The summed E-state index contributed by atoms with van der Waals surface area (Å²) in [6.07, 6.45) is 1.01. The smallest absolute Gasteiger partial charge is 0.157 e. The van der Waals surface area contributed by atoms with Crippen LogP contribution in [-0.2, 0) is 16.8 Å².